The van der Waals surface area contributed by atoms with Gasteiger partial charge in [0.2, 0.25) is 0 Å². The van der Waals surface area contributed by atoms with E-state index in [1.165, 1.54) is 18.5 Å². The van der Waals surface area contributed by atoms with E-state index < -0.39 is 24.0 Å². The second-order valence-corrected chi connectivity index (χ2v) is 6.28. The van der Waals surface area contributed by atoms with Crippen LogP contribution in [-0.4, -0.2) is 27.2 Å². The number of alkyl halides is 3. The molecule has 1 atom stereocenters. The quantitative estimate of drug-likeness (QED) is 0.697. The Morgan fingerprint density at radius 3 is 2.86 bits per heavy atom. The van der Waals surface area contributed by atoms with Gasteiger partial charge in [0.15, 0.2) is 0 Å². The summed E-state index contributed by atoms with van der Waals surface area (Å²) in [6.45, 7) is 0.458. The fraction of sp³-hybridized carbons (Fsp3) is 0.211. The number of hydrogen-bond donors (Lipinski definition) is 1. The van der Waals surface area contributed by atoms with Gasteiger partial charge in [0, 0.05) is 32.6 Å². The molecule has 0 aliphatic carbocycles. The first-order valence-electron chi connectivity index (χ1n) is 8.93. The van der Waals surface area contributed by atoms with E-state index in [9.17, 15) is 22.4 Å². The molecule has 28 heavy (non-hydrogen) atoms. The molecule has 0 radical (unpaired) electrons. The average molecular weight is 391 g/mol. The smallest absolute Gasteiger partial charge is 0.352 e. The normalized spacial score (nSPS) is 15.6. The molecular weight excluding hydrogens is 376 g/mol. The molecule has 1 aliphatic heterocycles. The second-order valence-electron chi connectivity index (χ2n) is 6.28. The molecule has 2 aromatic heterocycles. The summed E-state index contributed by atoms with van der Waals surface area (Å²) in [5.74, 6) is -1.31. The lowest BCUT2D eigenvalue weighted by Gasteiger charge is -2.15. The van der Waals surface area contributed by atoms with Crippen molar-refractivity contribution in [3.63, 3.8) is 0 Å². The monoisotopic (exact) mass is 391 g/mol. The van der Waals surface area contributed by atoms with Gasteiger partial charge in [-0.25, -0.2) is 9.07 Å². The molecule has 1 N–H and O–H groups in total. The number of rotatable bonds is 3. The number of amides is 1. The van der Waals surface area contributed by atoms with Crippen LogP contribution in [0.5, 0.6) is 0 Å². The molecule has 4 rings (SSSR count). The molecule has 0 bridgehead atoms. The summed E-state index contributed by atoms with van der Waals surface area (Å²) in [6.07, 6.45) is -2.67. The lowest BCUT2D eigenvalue weighted by Crippen LogP contribution is -2.32. The first-order chi connectivity index (χ1) is 13.7. The Hall–Kier alpha value is -3.23. The predicted molar refractivity (Wildman–Crippen MR) is 91.6 cm³/mol. The van der Waals surface area contributed by atoms with Gasteiger partial charge in [-0.2, -0.15) is 18.3 Å². The molecule has 1 aromatic carbocycles. The van der Waals surface area contributed by atoms with E-state index in [1.54, 1.807) is 10.7 Å². The molecule has 144 valence electrons. The number of pyridine rings is 1. The van der Waals surface area contributed by atoms with Gasteiger partial charge in [-0.15, -0.1) is 0 Å². The van der Waals surface area contributed by atoms with Crippen molar-refractivity contribution in [1.29, 1.82) is 0 Å². The third kappa shape index (κ3) is 3.47. The summed E-state index contributed by atoms with van der Waals surface area (Å²) < 4.78 is 62.5. The molecular formula is C19H14F4N4O. The van der Waals surface area contributed by atoms with Crippen molar-refractivity contribution in [1.82, 2.24) is 20.1 Å². The lowest BCUT2D eigenvalue weighted by molar-refractivity contribution is -0.137. The van der Waals surface area contributed by atoms with E-state index in [-0.39, 0.29) is 17.2 Å². The maximum Gasteiger partial charge on any atom is 0.416 e. The van der Waals surface area contributed by atoms with Crippen molar-refractivity contribution in [3.05, 3.63) is 76.6 Å². The molecule has 9 heteroatoms. The van der Waals surface area contributed by atoms with Crippen LogP contribution in [0.25, 0.3) is 5.69 Å². The minimum absolute atomic E-state index is 0.130. The highest BCUT2D eigenvalue weighted by Crippen LogP contribution is 2.31. The van der Waals surface area contributed by atoms with Crippen LogP contribution in [-0.2, 0) is 19.0 Å². The second kappa shape index (κ2) is 6.74. The van der Waals surface area contributed by atoms with E-state index in [0.29, 0.717) is 36.0 Å². The fourth-order valence-corrected chi connectivity index (χ4v) is 3.09. The third-order valence-corrected chi connectivity index (χ3v) is 4.33. The van der Waals surface area contributed by atoms with Crippen LogP contribution in [0.2, 0.25) is 0 Å². The zero-order chi connectivity index (χ0) is 20.8. The molecule has 0 fully saturated rings. The van der Waals surface area contributed by atoms with Crippen LogP contribution >= 0.6 is 0 Å². The van der Waals surface area contributed by atoms with E-state index in [1.807, 2.05) is 0 Å². The number of nitrogens with zero attached hydrogens (tertiary/aromatic N) is 3. The molecule has 0 spiro atoms. The van der Waals surface area contributed by atoms with E-state index >= 15 is 0 Å². The van der Waals surface area contributed by atoms with Crippen LogP contribution in [0.3, 0.4) is 0 Å². The van der Waals surface area contributed by atoms with Gasteiger partial charge in [-0.1, -0.05) is 0 Å². The Morgan fingerprint density at radius 1 is 1.25 bits per heavy atom. The minimum Gasteiger partial charge on any atom is -0.352 e. The summed E-state index contributed by atoms with van der Waals surface area (Å²) in [4.78, 5) is 16.0. The van der Waals surface area contributed by atoms with Gasteiger partial charge in [0.1, 0.15) is 5.82 Å². The Balaban J connectivity index is 1.72. The Labute approximate surface area is 158 Å². The number of nitrogens with one attached hydrogen (secondary N) is 1. The predicted octanol–water partition coefficient (Wildman–Crippen LogP) is 3.30. The number of benzene rings is 1. The molecule has 1 aliphatic rings. The van der Waals surface area contributed by atoms with Gasteiger partial charge in [0.05, 0.1) is 28.7 Å². The molecule has 0 saturated heterocycles. The SMILES string of the molecule is [2H]C(c1cc(F)cc(C(F)(F)F)c1)c1cc(-n2ncc3c2CCNC3=O)ccn1. The first-order valence-corrected chi connectivity index (χ1v) is 8.35. The van der Waals surface area contributed by atoms with Crippen molar-refractivity contribution in [3.8, 4) is 5.69 Å². The summed E-state index contributed by atoms with van der Waals surface area (Å²) in [6, 6.07) is 5.14. The number of carbonyl (C=O) groups is 1. The Bertz CT molecular complexity index is 1100. The molecule has 0 saturated carbocycles. The minimum atomic E-state index is -4.72. The highest BCUT2D eigenvalue weighted by atomic mass is 19.4. The van der Waals surface area contributed by atoms with Gasteiger partial charge in [-0.05, 0) is 35.9 Å². The third-order valence-electron chi connectivity index (χ3n) is 4.33. The van der Waals surface area contributed by atoms with Crippen LogP contribution in [0.4, 0.5) is 17.6 Å². The molecule has 5 nitrogen and oxygen atoms in total. The maximum atomic E-state index is 13.7. The summed E-state index contributed by atoms with van der Waals surface area (Å²) in [7, 11) is 0. The fourth-order valence-electron chi connectivity index (χ4n) is 3.09. The van der Waals surface area contributed by atoms with E-state index in [2.05, 4.69) is 15.4 Å². The number of hydrogen-bond acceptors (Lipinski definition) is 3. The number of fused-ring (bicyclic) bond motifs is 1. The van der Waals surface area contributed by atoms with Crippen molar-refractivity contribution < 1.29 is 23.7 Å². The van der Waals surface area contributed by atoms with Crippen LogP contribution in [0.15, 0.2) is 42.7 Å². The van der Waals surface area contributed by atoms with Crippen molar-refractivity contribution in [2.24, 2.45) is 0 Å². The standard InChI is InChI=1S/C19H14F4N4O/c20-13-6-11(5-12(8-13)19(21,22)23)7-14-9-15(1-3-24-14)27-17-2-4-25-18(28)16(17)10-26-27/h1,3,5-6,8-10H,2,4,7H2,(H,25,28)/i7D. The summed E-state index contributed by atoms with van der Waals surface area (Å²) in [5.41, 5.74) is 0.452. The molecule has 3 aromatic rings. The first kappa shape index (κ1) is 16.9. The van der Waals surface area contributed by atoms with Gasteiger partial charge in [-0.3, -0.25) is 9.78 Å². The van der Waals surface area contributed by atoms with Crippen LogP contribution in [0.1, 0.15) is 34.2 Å². The maximum absolute atomic E-state index is 13.7. The van der Waals surface area contributed by atoms with Crippen LogP contribution in [0, 0.1) is 5.82 Å². The zero-order valence-corrected chi connectivity index (χ0v) is 14.3. The largest absolute Gasteiger partial charge is 0.416 e. The Morgan fingerprint density at radius 2 is 2.07 bits per heavy atom. The molecule has 3 heterocycles. The van der Waals surface area contributed by atoms with Gasteiger partial charge < -0.3 is 5.32 Å². The summed E-state index contributed by atoms with van der Waals surface area (Å²) >= 11 is 0. The Kier molecular flexibility index (Phi) is 4.07. The lowest BCUT2D eigenvalue weighted by atomic mass is 10.0. The topological polar surface area (TPSA) is 59.8 Å². The highest BCUT2D eigenvalue weighted by molar-refractivity contribution is 5.96. The van der Waals surface area contributed by atoms with Crippen LogP contribution < -0.4 is 5.32 Å². The highest BCUT2D eigenvalue weighted by Gasteiger charge is 2.31. The number of aromatic nitrogens is 3. The van der Waals surface area contributed by atoms with E-state index in [4.69, 9.17) is 1.37 Å². The molecule has 1 unspecified atom stereocenters. The van der Waals surface area contributed by atoms with Crippen molar-refractivity contribution in [2.75, 3.05) is 6.54 Å². The number of carbonyl (C=O) groups excluding carboxylic acids is 1. The van der Waals surface area contributed by atoms with Gasteiger partial charge >= 0.3 is 6.18 Å². The zero-order valence-electron chi connectivity index (χ0n) is 15.3. The molecule has 1 amide bonds. The summed E-state index contributed by atoms with van der Waals surface area (Å²) in [5, 5.41) is 6.93. The van der Waals surface area contributed by atoms with Gasteiger partial charge in [0.25, 0.3) is 5.91 Å². The van der Waals surface area contributed by atoms with E-state index in [0.717, 1.165) is 12.1 Å². The average Bonchev–Trinajstić information content (AvgIpc) is 3.12. The number of halogens is 4. The van der Waals surface area contributed by atoms with Crippen molar-refractivity contribution >= 4 is 5.91 Å². The van der Waals surface area contributed by atoms with Crippen molar-refractivity contribution in [2.45, 2.75) is 19.0 Å².